The van der Waals surface area contributed by atoms with Crippen molar-refractivity contribution in [2.24, 2.45) is 0 Å². The normalized spacial score (nSPS) is 24.6. The molecule has 4 heteroatoms. The van der Waals surface area contributed by atoms with Gasteiger partial charge in [-0.3, -0.25) is 4.90 Å². The van der Waals surface area contributed by atoms with Crippen LogP contribution in [0.1, 0.15) is 20.3 Å². The second-order valence-electron chi connectivity index (χ2n) is 5.12. The van der Waals surface area contributed by atoms with E-state index < -0.39 is 0 Å². The van der Waals surface area contributed by atoms with Gasteiger partial charge >= 0.3 is 0 Å². The highest BCUT2D eigenvalue weighted by molar-refractivity contribution is 7.99. The summed E-state index contributed by atoms with van der Waals surface area (Å²) in [7, 11) is 0. The van der Waals surface area contributed by atoms with Crippen molar-refractivity contribution in [2.45, 2.75) is 37.3 Å². The summed E-state index contributed by atoms with van der Waals surface area (Å²) in [5.41, 5.74) is 0. The maximum Gasteiger partial charge on any atom is 0.0674 e. The maximum atomic E-state index is 6.15. The molecule has 0 spiro atoms. The highest BCUT2D eigenvalue weighted by atomic mass is 35.5. The van der Waals surface area contributed by atoms with Crippen molar-refractivity contribution in [3.8, 4) is 0 Å². The highest BCUT2D eigenvalue weighted by Crippen LogP contribution is 2.27. The molecule has 0 aromatic heterocycles. The Bertz CT molecular complexity index is 401. The van der Waals surface area contributed by atoms with Gasteiger partial charge in [0.1, 0.15) is 0 Å². The number of morpholine rings is 1. The summed E-state index contributed by atoms with van der Waals surface area (Å²) < 4.78 is 5.65. The van der Waals surface area contributed by atoms with Gasteiger partial charge in [0.05, 0.1) is 17.7 Å². The quantitative estimate of drug-likeness (QED) is 0.604. The Morgan fingerprint density at radius 1 is 1.37 bits per heavy atom. The molecule has 1 fully saturated rings. The van der Waals surface area contributed by atoms with Crippen LogP contribution in [-0.4, -0.2) is 42.5 Å². The number of nitrogens with zero attached hydrogens (tertiary/aromatic N) is 1. The number of thioether (sulfide) groups is 1. The Hall–Kier alpha value is -0.220. The van der Waals surface area contributed by atoms with Gasteiger partial charge in [0.25, 0.3) is 0 Å². The molecule has 1 aromatic rings. The van der Waals surface area contributed by atoms with E-state index >= 15 is 0 Å². The monoisotopic (exact) mass is 299 g/mol. The summed E-state index contributed by atoms with van der Waals surface area (Å²) in [6.45, 7) is 7.45. The van der Waals surface area contributed by atoms with Crippen LogP contribution in [0.3, 0.4) is 0 Å². The van der Waals surface area contributed by atoms with E-state index in [0.717, 1.165) is 30.5 Å². The molecule has 0 amide bonds. The third kappa shape index (κ3) is 4.67. The molecule has 0 bridgehead atoms. The van der Waals surface area contributed by atoms with Crippen LogP contribution < -0.4 is 0 Å². The lowest BCUT2D eigenvalue weighted by Gasteiger charge is -2.36. The lowest BCUT2D eigenvalue weighted by atomic mass is 10.2. The standard InChI is InChI=1S/C15H22ClNOS/c1-12-11-18-13(2)10-17(12)8-5-9-19-15-7-4-3-6-14(15)16/h3-4,6-7,12-13H,5,8-11H2,1-2H3. The molecule has 1 saturated heterocycles. The number of benzene rings is 1. The average molecular weight is 300 g/mol. The van der Waals surface area contributed by atoms with Crippen molar-refractivity contribution in [3.63, 3.8) is 0 Å². The van der Waals surface area contributed by atoms with Gasteiger partial charge in [-0.2, -0.15) is 0 Å². The van der Waals surface area contributed by atoms with Gasteiger partial charge in [-0.15, -0.1) is 11.8 Å². The third-order valence-corrected chi connectivity index (χ3v) is 5.02. The van der Waals surface area contributed by atoms with Crippen LogP contribution >= 0.6 is 23.4 Å². The minimum atomic E-state index is 0.368. The van der Waals surface area contributed by atoms with E-state index in [-0.39, 0.29) is 0 Å². The first-order valence-electron chi connectivity index (χ1n) is 6.90. The molecule has 1 aromatic carbocycles. The van der Waals surface area contributed by atoms with Crippen LogP contribution in [0.4, 0.5) is 0 Å². The van der Waals surface area contributed by atoms with E-state index in [9.17, 15) is 0 Å². The Labute approximate surface area is 125 Å². The van der Waals surface area contributed by atoms with Crippen LogP contribution in [0.25, 0.3) is 0 Å². The number of hydrogen-bond acceptors (Lipinski definition) is 3. The molecule has 1 aliphatic rings. The molecule has 2 rings (SSSR count). The van der Waals surface area contributed by atoms with Crippen LogP contribution in [-0.2, 0) is 4.74 Å². The predicted molar refractivity (Wildman–Crippen MR) is 83.2 cm³/mol. The molecule has 1 heterocycles. The predicted octanol–water partition coefficient (Wildman–Crippen LogP) is 3.93. The fraction of sp³-hybridized carbons (Fsp3) is 0.600. The van der Waals surface area contributed by atoms with E-state index in [1.54, 1.807) is 0 Å². The molecule has 19 heavy (non-hydrogen) atoms. The molecule has 2 atom stereocenters. The lowest BCUT2D eigenvalue weighted by Crippen LogP contribution is -2.47. The van der Waals surface area contributed by atoms with Crippen LogP contribution in [0.15, 0.2) is 29.2 Å². The van der Waals surface area contributed by atoms with Crippen molar-refractivity contribution in [1.29, 1.82) is 0 Å². The first-order valence-corrected chi connectivity index (χ1v) is 8.26. The summed E-state index contributed by atoms with van der Waals surface area (Å²) in [5.74, 6) is 1.11. The molecular weight excluding hydrogens is 278 g/mol. The second-order valence-corrected chi connectivity index (χ2v) is 6.66. The first-order chi connectivity index (χ1) is 9.16. The molecule has 2 unspecified atom stereocenters. The van der Waals surface area contributed by atoms with Gasteiger partial charge in [0.15, 0.2) is 0 Å². The molecule has 2 nitrogen and oxygen atoms in total. The van der Waals surface area contributed by atoms with Gasteiger partial charge in [-0.1, -0.05) is 23.7 Å². The molecule has 106 valence electrons. The Morgan fingerprint density at radius 2 is 2.16 bits per heavy atom. The van der Waals surface area contributed by atoms with Crippen LogP contribution in [0.5, 0.6) is 0 Å². The van der Waals surface area contributed by atoms with Gasteiger partial charge in [-0.05, 0) is 44.7 Å². The molecular formula is C15H22ClNOS. The summed E-state index contributed by atoms with van der Waals surface area (Å²) >= 11 is 7.99. The van der Waals surface area contributed by atoms with E-state index in [1.807, 2.05) is 30.0 Å². The minimum absolute atomic E-state index is 0.368. The van der Waals surface area contributed by atoms with Gasteiger partial charge in [0, 0.05) is 17.5 Å². The number of rotatable bonds is 5. The van der Waals surface area contributed by atoms with E-state index in [4.69, 9.17) is 16.3 Å². The fourth-order valence-corrected chi connectivity index (χ4v) is 3.47. The molecule has 1 aliphatic heterocycles. The van der Waals surface area contributed by atoms with Gasteiger partial charge in [0.2, 0.25) is 0 Å². The smallest absolute Gasteiger partial charge is 0.0674 e. The summed E-state index contributed by atoms with van der Waals surface area (Å²) in [5, 5.41) is 0.862. The van der Waals surface area contributed by atoms with Crippen molar-refractivity contribution in [1.82, 2.24) is 4.90 Å². The maximum absolute atomic E-state index is 6.15. The Kier molecular flexibility index (Phi) is 6.02. The summed E-state index contributed by atoms with van der Waals surface area (Å²) in [6, 6.07) is 8.60. The molecule has 0 aliphatic carbocycles. The lowest BCUT2D eigenvalue weighted by molar-refractivity contribution is -0.0489. The van der Waals surface area contributed by atoms with Gasteiger partial charge < -0.3 is 4.74 Å². The average Bonchev–Trinajstić information content (AvgIpc) is 2.40. The summed E-state index contributed by atoms with van der Waals surface area (Å²) in [4.78, 5) is 3.72. The number of hydrogen-bond donors (Lipinski definition) is 0. The van der Waals surface area contributed by atoms with E-state index in [0.29, 0.717) is 12.1 Å². The van der Waals surface area contributed by atoms with Crippen LogP contribution in [0, 0.1) is 0 Å². The fourth-order valence-electron chi connectivity index (χ4n) is 2.30. The number of ether oxygens (including phenoxy) is 1. The SMILES string of the molecule is CC1CN(CCCSc2ccccc2Cl)C(C)CO1. The van der Waals surface area contributed by atoms with Gasteiger partial charge in [-0.25, -0.2) is 0 Å². The molecule has 0 saturated carbocycles. The van der Waals surface area contributed by atoms with Crippen molar-refractivity contribution >= 4 is 23.4 Å². The van der Waals surface area contributed by atoms with Crippen LogP contribution in [0.2, 0.25) is 5.02 Å². The number of halogens is 1. The first kappa shape index (κ1) is 15.2. The second kappa shape index (κ2) is 7.53. The largest absolute Gasteiger partial charge is 0.376 e. The van der Waals surface area contributed by atoms with Crippen molar-refractivity contribution in [2.75, 3.05) is 25.4 Å². The summed E-state index contributed by atoms with van der Waals surface area (Å²) in [6.07, 6.45) is 1.56. The van der Waals surface area contributed by atoms with Crippen molar-refractivity contribution in [3.05, 3.63) is 29.3 Å². The van der Waals surface area contributed by atoms with Crippen molar-refractivity contribution < 1.29 is 4.74 Å². The Morgan fingerprint density at radius 3 is 2.95 bits per heavy atom. The third-order valence-electron chi connectivity index (χ3n) is 3.42. The molecule has 0 N–H and O–H groups in total. The van der Waals surface area contributed by atoms with E-state index in [1.165, 1.54) is 11.3 Å². The molecule has 0 radical (unpaired) electrons. The Balaban J connectivity index is 1.70. The zero-order valence-electron chi connectivity index (χ0n) is 11.6. The minimum Gasteiger partial charge on any atom is -0.376 e. The van der Waals surface area contributed by atoms with E-state index in [2.05, 4.69) is 24.8 Å². The highest BCUT2D eigenvalue weighted by Gasteiger charge is 2.22. The zero-order chi connectivity index (χ0) is 13.7. The topological polar surface area (TPSA) is 12.5 Å². The zero-order valence-corrected chi connectivity index (χ0v) is 13.2.